The molecule has 1 aliphatic rings. The molecule has 0 aliphatic carbocycles. The Morgan fingerprint density at radius 1 is 1.04 bits per heavy atom. The molecule has 3 aromatic rings. The second-order valence-corrected chi connectivity index (χ2v) is 8.34. The number of ether oxygens (including phenoxy) is 2. The summed E-state index contributed by atoms with van der Waals surface area (Å²) in [6.07, 6.45) is 0.629. The zero-order chi connectivity index (χ0) is 19.2. The molecular formula is C20H20N2O4S. The van der Waals surface area contributed by atoms with Gasteiger partial charge in [-0.2, -0.15) is 0 Å². The quantitative estimate of drug-likeness (QED) is 0.690. The van der Waals surface area contributed by atoms with Crippen molar-refractivity contribution >= 4 is 26.7 Å². The van der Waals surface area contributed by atoms with Crippen LogP contribution in [0.3, 0.4) is 0 Å². The number of rotatable bonds is 4. The zero-order valence-corrected chi connectivity index (χ0v) is 16.2. The van der Waals surface area contributed by atoms with Crippen LogP contribution < -0.4 is 13.8 Å². The zero-order valence-electron chi connectivity index (χ0n) is 15.4. The fraction of sp³-hybridized carbons (Fsp3) is 0.250. The molecule has 0 atom stereocenters. The van der Waals surface area contributed by atoms with E-state index in [1.165, 1.54) is 24.6 Å². The third kappa shape index (κ3) is 2.88. The van der Waals surface area contributed by atoms with Crippen molar-refractivity contribution < 1.29 is 17.9 Å². The normalized spacial score (nSPS) is 13.7. The van der Waals surface area contributed by atoms with Gasteiger partial charge in [0, 0.05) is 18.0 Å². The molecule has 0 saturated carbocycles. The smallest absolute Gasteiger partial charge is 0.269 e. The summed E-state index contributed by atoms with van der Waals surface area (Å²) in [4.78, 5) is 4.74. The number of aromatic nitrogens is 1. The summed E-state index contributed by atoms with van der Waals surface area (Å²) in [6, 6.07) is 12.7. The fourth-order valence-electron chi connectivity index (χ4n) is 3.40. The van der Waals surface area contributed by atoms with Crippen LogP contribution in [0.5, 0.6) is 11.5 Å². The molecule has 7 heteroatoms. The first-order valence-electron chi connectivity index (χ1n) is 8.59. The van der Waals surface area contributed by atoms with Crippen LogP contribution in [0.1, 0.15) is 11.1 Å². The van der Waals surface area contributed by atoms with Gasteiger partial charge in [-0.25, -0.2) is 17.7 Å². The molecular weight excluding hydrogens is 364 g/mol. The Hall–Kier alpha value is -2.80. The van der Waals surface area contributed by atoms with Crippen molar-refractivity contribution in [2.45, 2.75) is 18.2 Å². The van der Waals surface area contributed by atoms with Gasteiger partial charge in [-0.15, -0.1) is 0 Å². The molecule has 140 valence electrons. The maximum Gasteiger partial charge on any atom is 0.269 e. The number of aryl methyl sites for hydroxylation is 1. The number of nitrogens with zero attached hydrogens (tertiary/aromatic N) is 2. The molecule has 0 amide bonds. The lowest BCUT2D eigenvalue weighted by Crippen LogP contribution is -2.30. The monoisotopic (exact) mass is 384 g/mol. The van der Waals surface area contributed by atoms with Gasteiger partial charge in [0.05, 0.1) is 19.7 Å². The van der Waals surface area contributed by atoms with Gasteiger partial charge in [-0.3, -0.25) is 0 Å². The van der Waals surface area contributed by atoms with E-state index >= 15 is 0 Å². The van der Waals surface area contributed by atoms with Crippen molar-refractivity contribution in [1.82, 2.24) is 4.98 Å². The summed E-state index contributed by atoms with van der Waals surface area (Å²) in [6.45, 7) is 2.38. The Kier molecular flexibility index (Phi) is 4.19. The highest BCUT2D eigenvalue weighted by Crippen LogP contribution is 2.37. The molecule has 2 heterocycles. The Balaban J connectivity index is 1.83. The molecule has 0 fully saturated rings. The van der Waals surface area contributed by atoms with E-state index in [1.807, 2.05) is 25.1 Å². The van der Waals surface area contributed by atoms with E-state index in [0.29, 0.717) is 24.5 Å². The van der Waals surface area contributed by atoms with Crippen LogP contribution in [0.4, 0.5) is 5.82 Å². The molecule has 0 N–H and O–H groups in total. The maximum absolute atomic E-state index is 13.3. The number of methoxy groups -OCH3 is 2. The van der Waals surface area contributed by atoms with E-state index in [0.717, 1.165) is 22.0 Å². The lowest BCUT2D eigenvalue weighted by atomic mass is 10.1. The van der Waals surface area contributed by atoms with Crippen LogP contribution in [-0.4, -0.2) is 34.2 Å². The topological polar surface area (TPSA) is 68.7 Å². The molecule has 0 spiro atoms. The first-order valence-corrected chi connectivity index (χ1v) is 10.0. The van der Waals surface area contributed by atoms with E-state index in [9.17, 15) is 8.42 Å². The highest BCUT2D eigenvalue weighted by Gasteiger charge is 2.34. The van der Waals surface area contributed by atoms with Gasteiger partial charge >= 0.3 is 0 Å². The second kappa shape index (κ2) is 6.42. The van der Waals surface area contributed by atoms with Crippen molar-refractivity contribution in [2.75, 3.05) is 25.1 Å². The number of hydrogen-bond acceptors (Lipinski definition) is 5. The fourth-order valence-corrected chi connectivity index (χ4v) is 4.99. The van der Waals surface area contributed by atoms with Crippen LogP contribution in [-0.2, 0) is 16.4 Å². The summed E-state index contributed by atoms with van der Waals surface area (Å²) in [5.74, 6) is 1.27. The largest absolute Gasteiger partial charge is 0.497 e. The molecule has 1 aliphatic heterocycles. The summed E-state index contributed by atoms with van der Waals surface area (Å²) in [5, 5.41) is 1.02. The van der Waals surface area contributed by atoms with Crippen LogP contribution >= 0.6 is 0 Å². The standard InChI is InChI=1S/C20H20N2O4S/c1-13-4-6-17-15(10-13)11-14-8-9-22(20(14)21-17)27(23,24)19-7-5-16(25-2)12-18(19)26-3/h4-7,10-12H,8-9H2,1-3H3. The lowest BCUT2D eigenvalue weighted by Gasteiger charge is -2.20. The van der Waals surface area contributed by atoms with Crippen molar-refractivity contribution in [3.8, 4) is 11.5 Å². The minimum Gasteiger partial charge on any atom is -0.497 e. The molecule has 0 saturated heterocycles. The maximum atomic E-state index is 13.3. The Labute approximate surface area is 158 Å². The Bertz CT molecular complexity index is 1140. The third-order valence-electron chi connectivity index (χ3n) is 4.79. The van der Waals surface area contributed by atoms with E-state index in [-0.39, 0.29) is 10.6 Å². The van der Waals surface area contributed by atoms with E-state index < -0.39 is 10.0 Å². The van der Waals surface area contributed by atoms with Gasteiger partial charge < -0.3 is 9.47 Å². The van der Waals surface area contributed by atoms with Crippen molar-refractivity contribution in [3.63, 3.8) is 0 Å². The van der Waals surface area contributed by atoms with Gasteiger partial charge in [0.25, 0.3) is 10.0 Å². The predicted octanol–water partition coefficient (Wildman–Crippen LogP) is 3.31. The van der Waals surface area contributed by atoms with Crippen LogP contribution in [0.15, 0.2) is 47.4 Å². The molecule has 4 rings (SSSR count). The van der Waals surface area contributed by atoms with Crippen molar-refractivity contribution in [1.29, 1.82) is 0 Å². The molecule has 0 unspecified atom stereocenters. The highest BCUT2D eigenvalue weighted by molar-refractivity contribution is 7.93. The number of sulfonamides is 1. The molecule has 0 radical (unpaired) electrons. The van der Waals surface area contributed by atoms with Gasteiger partial charge in [0.15, 0.2) is 0 Å². The van der Waals surface area contributed by atoms with E-state index in [1.54, 1.807) is 12.1 Å². The molecule has 2 aromatic carbocycles. The second-order valence-electron chi connectivity index (χ2n) is 6.51. The molecule has 1 aromatic heterocycles. The third-order valence-corrected chi connectivity index (χ3v) is 6.61. The SMILES string of the molecule is COc1ccc(S(=O)(=O)N2CCc3cc4cc(C)ccc4nc32)c(OC)c1. The first kappa shape index (κ1) is 17.6. The Morgan fingerprint density at radius 3 is 2.59 bits per heavy atom. The summed E-state index contributed by atoms with van der Waals surface area (Å²) in [7, 11) is -0.838. The minimum atomic E-state index is -3.81. The molecule has 6 nitrogen and oxygen atoms in total. The summed E-state index contributed by atoms with van der Waals surface area (Å²) in [5.41, 5.74) is 2.86. The van der Waals surface area contributed by atoms with Crippen molar-refractivity contribution in [3.05, 3.63) is 53.6 Å². The average Bonchev–Trinajstić information content (AvgIpc) is 3.09. The summed E-state index contributed by atoms with van der Waals surface area (Å²) < 4.78 is 38.5. The van der Waals surface area contributed by atoms with Gasteiger partial charge in [0.1, 0.15) is 22.2 Å². The first-order chi connectivity index (χ1) is 12.9. The van der Waals surface area contributed by atoms with Gasteiger partial charge in [-0.05, 0) is 49.2 Å². The van der Waals surface area contributed by atoms with E-state index in [4.69, 9.17) is 9.47 Å². The molecule has 0 bridgehead atoms. The minimum absolute atomic E-state index is 0.101. The number of hydrogen-bond donors (Lipinski definition) is 0. The van der Waals surface area contributed by atoms with E-state index in [2.05, 4.69) is 11.1 Å². The van der Waals surface area contributed by atoms with Crippen LogP contribution in [0.25, 0.3) is 10.9 Å². The van der Waals surface area contributed by atoms with Crippen molar-refractivity contribution in [2.24, 2.45) is 0 Å². The van der Waals surface area contributed by atoms with Crippen LogP contribution in [0.2, 0.25) is 0 Å². The number of anilines is 1. The average molecular weight is 384 g/mol. The number of fused-ring (bicyclic) bond motifs is 2. The molecule has 27 heavy (non-hydrogen) atoms. The number of benzene rings is 2. The van der Waals surface area contributed by atoms with Gasteiger partial charge in [-0.1, -0.05) is 11.6 Å². The highest BCUT2D eigenvalue weighted by atomic mass is 32.2. The number of pyridine rings is 1. The summed E-state index contributed by atoms with van der Waals surface area (Å²) >= 11 is 0. The van der Waals surface area contributed by atoms with Crippen LogP contribution in [0, 0.1) is 6.92 Å². The van der Waals surface area contributed by atoms with Gasteiger partial charge in [0.2, 0.25) is 0 Å². The lowest BCUT2D eigenvalue weighted by molar-refractivity contribution is 0.386. The Morgan fingerprint density at radius 2 is 1.85 bits per heavy atom. The predicted molar refractivity (Wildman–Crippen MR) is 104 cm³/mol.